The van der Waals surface area contributed by atoms with Gasteiger partial charge in [0.2, 0.25) is 5.95 Å². The number of piperidine rings is 1. The molecule has 4 N–H and O–H groups in total. The quantitative estimate of drug-likeness (QED) is 0.385. The Labute approximate surface area is 220 Å². The van der Waals surface area contributed by atoms with Crippen LogP contribution >= 0.6 is 0 Å². The molecule has 0 unspecified atom stereocenters. The van der Waals surface area contributed by atoms with E-state index in [2.05, 4.69) is 50.7 Å². The Balaban J connectivity index is 1.15. The highest BCUT2D eigenvalue weighted by molar-refractivity contribution is 5.84. The Morgan fingerprint density at radius 3 is 2.41 bits per heavy atom. The van der Waals surface area contributed by atoms with E-state index < -0.39 is 0 Å². The number of aryl methyl sites for hydroxylation is 1. The van der Waals surface area contributed by atoms with Gasteiger partial charge in [0.15, 0.2) is 17.0 Å². The van der Waals surface area contributed by atoms with Crippen molar-refractivity contribution in [1.29, 1.82) is 0 Å². The molecule has 8 nitrogen and oxygen atoms in total. The van der Waals surface area contributed by atoms with Gasteiger partial charge in [0.25, 0.3) is 0 Å². The summed E-state index contributed by atoms with van der Waals surface area (Å²) >= 11 is 0. The molecule has 37 heavy (non-hydrogen) atoms. The zero-order valence-electron chi connectivity index (χ0n) is 22.0. The summed E-state index contributed by atoms with van der Waals surface area (Å²) in [7, 11) is 0. The highest BCUT2D eigenvalue weighted by Gasteiger charge is 2.25. The van der Waals surface area contributed by atoms with Gasteiger partial charge in [-0.2, -0.15) is 9.97 Å². The fourth-order valence-electron chi connectivity index (χ4n) is 6.45. The number of imidazole rings is 1. The second-order valence-corrected chi connectivity index (χ2v) is 11.5. The Morgan fingerprint density at radius 2 is 1.65 bits per heavy atom. The van der Waals surface area contributed by atoms with Crippen LogP contribution in [0.25, 0.3) is 11.2 Å². The number of hydrazine groups is 1. The molecule has 3 heterocycles. The summed E-state index contributed by atoms with van der Waals surface area (Å²) in [5.74, 6) is 2.33. The molecular formula is C29H42N8. The monoisotopic (exact) mass is 502 g/mol. The van der Waals surface area contributed by atoms with Crippen molar-refractivity contribution < 1.29 is 0 Å². The molecule has 0 bridgehead atoms. The highest BCUT2D eigenvalue weighted by atomic mass is 15.5. The van der Waals surface area contributed by atoms with Crippen LogP contribution in [0.3, 0.4) is 0 Å². The van der Waals surface area contributed by atoms with Gasteiger partial charge >= 0.3 is 0 Å². The van der Waals surface area contributed by atoms with Crippen LogP contribution in [-0.4, -0.2) is 49.7 Å². The number of rotatable bonds is 8. The van der Waals surface area contributed by atoms with Gasteiger partial charge < -0.3 is 21.0 Å². The van der Waals surface area contributed by atoms with Crippen molar-refractivity contribution in [2.75, 3.05) is 23.8 Å². The second kappa shape index (κ2) is 11.4. The Morgan fingerprint density at radius 1 is 0.892 bits per heavy atom. The van der Waals surface area contributed by atoms with Crippen molar-refractivity contribution in [1.82, 2.24) is 24.5 Å². The standard InChI is InChI=1S/C29H42N8/c30-23-12-14-24(15-13-23)32-29-33-27(26-28(34-29)37(20-31-26)25-8-4-5-9-25)35-36-18-16-22(17-19-36)11-10-21-6-2-1-3-7-21/h1-3,6-7,20,22-25H,4-5,8-19,30H2,(H2,32,33,34,35). The number of benzene rings is 1. The number of nitrogens with zero attached hydrogens (tertiary/aromatic N) is 5. The minimum atomic E-state index is 0.332. The first-order valence-electron chi connectivity index (χ1n) is 14.5. The number of hydrogen-bond acceptors (Lipinski definition) is 7. The summed E-state index contributed by atoms with van der Waals surface area (Å²) in [6.07, 6.45) is 16.1. The average Bonchev–Trinajstić information content (AvgIpc) is 3.61. The molecule has 1 saturated heterocycles. The highest BCUT2D eigenvalue weighted by Crippen LogP contribution is 2.34. The van der Waals surface area contributed by atoms with E-state index in [1.54, 1.807) is 0 Å². The van der Waals surface area contributed by atoms with Gasteiger partial charge in [0.1, 0.15) is 0 Å². The first-order valence-corrected chi connectivity index (χ1v) is 14.5. The van der Waals surface area contributed by atoms with Gasteiger partial charge in [-0.25, -0.2) is 9.99 Å². The average molecular weight is 503 g/mol. The lowest BCUT2D eigenvalue weighted by atomic mass is 9.91. The van der Waals surface area contributed by atoms with Crippen LogP contribution in [0.2, 0.25) is 0 Å². The Kier molecular flexibility index (Phi) is 7.55. The topological polar surface area (TPSA) is 96.9 Å². The molecule has 0 radical (unpaired) electrons. The molecule has 2 saturated carbocycles. The van der Waals surface area contributed by atoms with E-state index in [4.69, 9.17) is 20.7 Å². The molecule has 198 valence electrons. The summed E-state index contributed by atoms with van der Waals surface area (Å²) in [5, 5.41) is 5.97. The van der Waals surface area contributed by atoms with Crippen molar-refractivity contribution in [3.8, 4) is 0 Å². The molecule has 0 amide bonds. The van der Waals surface area contributed by atoms with E-state index >= 15 is 0 Å². The van der Waals surface area contributed by atoms with E-state index in [1.807, 2.05) is 6.33 Å². The lowest BCUT2D eigenvalue weighted by Gasteiger charge is -2.32. The summed E-state index contributed by atoms with van der Waals surface area (Å²) in [5.41, 5.74) is 13.1. The van der Waals surface area contributed by atoms with E-state index in [1.165, 1.54) is 56.9 Å². The third kappa shape index (κ3) is 5.91. The van der Waals surface area contributed by atoms with Gasteiger partial charge in [-0.15, -0.1) is 0 Å². The van der Waals surface area contributed by atoms with Crippen LogP contribution in [0, 0.1) is 5.92 Å². The molecular weight excluding hydrogens is 460 g/mol. The zero-order chi connectivity index (χ0) is 25.0. The third-order valence-corrected chi connectivity index (χ3v) is 8.81. The van der Waals surface area contributed by atoms with Gasteiger partial charge in [0.05, 0.1) is 6.33 Å². The van der Waals surface area contributed by atoms with Crippen molar-refractivity contribution in [2.24, 2.45) is 11.7 Å². The smallest absolute Gasteiger partial charge is 0.227 e. The SMILES string of the molecule is NC1CCC(Nc2nc(NN3CCC(CCc4ccccc4)CC3)c3ncn(C4CCCC4)c3n2)CC1. The minimum absolute atomic E-state index is 0.332. The lowest BCUT2D eigenvalue weighted by molar-refractivity contribution is 0.210. The normalized spacial score (nSPS) is 24.0. The molecule has 8 heteroatoms. The van der Waals surface area contributed by atoms with Gasteiger partial charge in [-0.1, -0.05) is 43.2 Å². The summed E-state index contributed by atoms with van der Waals surface area (Å²) < 4.78 is 2.30. The summed E-state index contributed by atoms with van der Waals surface area (Å²) in [6, 6.07) is 12.1. The van der Waals surface area contributed by atoms with Crippen molar-refractivity contribution in [3.63, 3.8) is 0 Å². The number of nitrogens with two attached hydrogens (primary N) is 1. The molecule has 1 aromatic carbocycles. The van der Waals surface area contributed by atoms with E-state index in [0.29, 0.717) is 24.1 Å². The molecule has 3 aliphatic rings. The predicted molar refractivity (Wildman–Crippen MR) is 149 cm³/mol. The van der Waals surface area contributed by atoms with Crippen LogP contribution in [0.15, 0.2) is 36.7 Å². The number of anilines is 2. The van der Waals surface area contributed by atoms with Gasteiger partial charge in [0, 0.05) is 31.2 Å². The second-order valence-electron chi connectivity index (χ2n) is 11.5. The summed E-state index contributed by atoms with van der Waals surface area (Å²) in [4.78, 5) is 14.8. The largest absolute Gasteiger partial charge is 0.351 e. The van der Waals surface area contributed by atoms with E-state index in [-0.39, 0.29) is 0 Å². The third-order valence-electron chi connectivity index (χ3n) is 8.81. The Hall–Kier alpha value is -2.71. The molecule has 3 fully saturated rings. The maximum absolute atomic E-state index is 6.14. The fourth-order valence-corrected chi connectivity index (χ4v) is 6.45. The fraction of sp³-hybridized carbons (Fsp3) is 0.621. The van der Waals surface area contributed by atoms with E-state index in [0.717, 1.165) is 61.7 Å². The maximum Gasteiger partial charge on any atom is 0.227 e. The van der Waals surface area contributed by atoms with Crippen LogP contribution in [0.5, 0.6) is 0 Å². The first kappa shape index (κ1) is 24.6. The zero-order valence-corrected chi connectivity index (χ0v) is 22.0. The molecule has 1 aliphatic heterocycles. The lowest BCUT2D eigenvalue weighted by Crippen LogP contribution is -2.38. The van der Waals surface area contributed by atoms with Gasteiger partial charge in [-0.3, -0.25) is 0 Å². The molecule has 2 aromatic heterocycles. The van der Waals surface area contributed by atoms with Crippen molar-refractivity contribution in [2.45, 2.75) is 95.2 Å². The minimum Gasteiger partial charge on any atom is -0.351 e. The maximum atomic E-state index is 6.14. The van der Waals surface area contributed by atoms with Crippen LogP contribution in [0.1, 0.15) is 82.2 Å². The number of aromatic nitrogens is 4. The summed E-state index contributed by atoms with van der Waals surface area (Å²) in [6.45, 7) is 2.05. The number of fused-ring (bicyclic) bond motifs is 1. The Bertz CT molecular complexity index is 1140. The first-order chi connectivity index (χ1) is 18.2. The number of hydrogen-bond donors (Lipinski definition) is 3. The van der Waals surface area contributed by atoms with Gasteiger partial charge in [-0.05, 0) is 75.7 Å². The molecule has 0 atom stereocenters. The predicted octanol–water partition coefficient (Wildman–Crippen LogP) is 5.29. The molecule has 2 aliphatic carbocycles. The van der Waals surface area contributed by atoms with Crippen molar-refractivity contribution in [3.05, 3.63) is 42.2 Å². The van der Waals surface area contributed by atoms with Crippen molar-refractivity contribution >= 4 is 22.9 Å². The number of nitrogens with one attached hydrogen (secondary N) is 2. The molecule has 6 rings (SSSR count). The van der Waals surface area contributed by atoms with Crippen LogP contribution in [-0.2, 0) is 6.42 Å². The van der Waals surface area contributed by atoms with Crippen LogP contribution in [0.4, 0.5) is 11.8 Å². The van der Waals surface area contributed by atoms with Crippen LogP contribution < -0.4 is 16.5 Å². The molecule has 3 aromatic rings. The van der Waals surface area contributed by atoms with E-state index in [9.17, 15) is 0 Å². The molecule has 0 spiro atoms.